The predicted octanol–water partition coefficient (Wildman–Crippen LogP) is 4.89. The summed E-state index contributed by atoms with van der Waals surface area (Å²) in [5, 5.41) is 0. The zero-order valence-corrected chi connectivity index (χ0v) is 18.8. The zero-order chi connectivity index (χ0) is 23.8. The van der Waals surface area contributed by atoms with E-state index >= 15 is 0 Å². The number of hydrogen-bond donors (Lipinski definition) is 1. The Hall–Kier alpha value is -3.75. The molecule has 1 saturated carbocycles. The number of alkyl halides is 1. The van der Waals surface area contributed by atoms with Crippen molar-refractivity contribution in [3.8, 4) is 17.5 Å². The lowest BCUT2D eigenvalue weighted by Gasteiger charge is -2.52. The molecule has 0 radical (unpaired) electrons. The first-order valence-electron chi connectivity index (χ1n) is 10.8. The van der Waals surface area contributed by atoms with Crippen LogP contribution in [-0.4, -0.2) is 40.0 Å². The fourth-order valence-electron chi connectivity index (χ4n) is 3.74. The zero-order valence-electron chi connectivity index (χ0n) is 18.8. The maximum atomic E-state index is 12.9. The van der Waals surface area contributed by atoms with Crippen molar-refractivity contribution in [2.45, 2.75) is 38.6 Å². The summed E-state index contributed by atoms with van der Waals surface area (Å²) < 4.78 is 23.7. The van der Waals surface area contributed by atoms with Crippen molar-refractivity contribution in [1.29, 1.82) is 0 Å². The Labute approximate surface area is 192 Å². The van der Waals surface area contributed by atoms with Crippen LogP contribution in [0.4, 0.5) is 9.18 Å². The van der Waals surface area contributed by atoms with E-state index in [0.717, 1.165) is 24.8 Å². The summed E-state index contributed by atoms with van der Waals surface area (Å²) >= 11 is 0. The van der Waals surface area contributed by atoms with Crippen molar-refractivity contribution in [1.82, 2.24) is 14.9 Å². The molecule has 8 nitrogen and oxygen atoms in total. The highest BCUT2D eigenvalue weighted by molar-refractivity contribution is 5.82. The first kappa shape index (κ1) is 23.9. The second kappa shape index (κ2) is 10.7. The average Bonchev–Trinajstić information content (AvgIpc) is 2.80. The largest absolute Gasteiger partial charge is 0.424 e. The molecule has 2 heterocycles. The number of carbonyl (C=O) groups excluding carboxylic acids is 1. The number of fused-ring (bicyclic) bond motifs is 2. The average molecular weight is 454 g/mol. The van der Waals surface area contributed by atoms with Crippen molar-refractivity contribution < 1.29 is 18.7 Å². The lowest BCUT2D eigenvalue weighted by molar-refractivity contribution is 0.0134. The van der Waals surface area contributed by atoms with Crippen LogP contribution in [0.3, 0.4) is 0 Å². The SMILES string of the molecule is C=C(/C=C\N=C(N)CF)CN1C(=O)Oc2cc(Oc3ncccn3)ccc2C12CCC2.CC. The minimum Gasteiger partial charge on any atom is -0.424 e. The maximum absolute atomic E-state index is 12.9. The number of rotatable bonds is 7. The van der Waals surface area contributed by atoms with E-state index in [2.05, 4.69) is 21.5 Å². The second-order valence-electron chi connectivity index (χ2n) is 7.36. The smallest absolute Gasteiger partial charge is 0.416 e. The highest BCUT2D eigenvalue weighted by Crippen LogP contribution is 2.53. The number of ether oxygens (including phenoxy) is 2. The fraction of sp³-hybridized carbons (Fsp3) is 0.333. The Morgan fingerprint density at radius 1 is 1.36 bits per heavy atom. The number of nitrogens with zero attached hydrogens (tertiary/aromatic N) is 4. The van der Waals surface area contributed by atoms with Gasteiger partial charge in [-0.05, 0) is 49.1 Å². The van der Waals surface area contributed by atoms with Gasteiger partial charge in [-0.2, -0.15) is 0 Å². The predicted molar refractivity (Wildman–Crippen MR) is 124 cm³/mol. The van der Waals surface area contributed by atoms with Crippen LogP contribution in [0.15, 0.2) is 66.1 Å². The summed E-state index contributed by atoms with van der Waals surface area (Å²) in [6.07, 6.45) is 8.33. The highest BCUT2D eigenvalue weighted by Gasteiger charge is 2.51. The Morgan fingerprint density at radius 2 is 2.09 bits per heavy atom. The van der Waals surface area contributed by atoms with E-state index in [-0.39, 0.29) is 18.4 Å². The van der Waals surface area contributed by atoms with Crippen LogP contribution >= 0.6 is 0 Å². The van der Waals surface area contributed by atoms with E-state index in [0.29, 0.717) is 17.1 Å². The molecule has 1 aliphatic carbocycles. The van der Waals surface area contributed by atoms with E-state index in [1.54, 1.807) is 35.5 Å². The monoisotopic (exact) mass is 453 g/mol. The molecule has 0 unspecified atom stereocenters. The van der Waals surface area contributed by atoms with Gasteiger partial charge in [-0.15, -0.1) is 0 Å². The van der Waals surface area contributed by atoms with E-state index in [1.165, 1.54) is 6.20 Å². The summed E-state index contributed by atoms with van der Waals surface area (Å²) in [7, 11) is 0. The summed E-state index contributed by atoms with van der Waals surface area (Å²) in [6, 6.07) is 7.32. The molecule has 0 saturated heterocycles. The maximum Gasteiger partial charge on any atom is 0.416 e. The van der Waals surface area contributed by atoms with E-state index in [9.17, 15) is 9.18 Å². The Balaban J connectivity index is 0.00000149. The molecule has 1 amide bonds. The topological polar surface area (TPSA) is 103 Å². The van der Waals surface area contributed by atoms with Crippen LogP contribution in [0.2, 0.25) is 0 Å². The van der Waals surface area contributed by atoms with E-state index in [4.69, 9.17) is 15.2 Å². The van der Waals surface area contributed by atoms with Crippen LogP contribution in [0.25, 0.3) is 0 Å². The minimum atomic E-state index is -0.822. The van der Waals surface area contributed by atoms with Gasteiger partial charge in [0.05, 0.1) is 5.54 Å². The lowest BCUT2D eigenvalue weighted by Crippen LogP contribution is -2.57. The molecule has 0 bridgehead atoms. The molecular weight excluding hydrogens is 425 g/mol. The van der Waals surface area contributed by atoms with Gasteiger partial charge in [0.2, 0.25) is 0 Å². The van der Waals surface area contributed by atoms with Gasteiger partial charge in [-0.3, -0.25) is 4.90 Å². The standard InChI is InChI=1S/C22H22FN5O3.C2H6/c1-15(6-11-25-19(24)13-23)14-28-21(29)31-18-12-16(30-20-26-9-3-10-27-20)4-5-17(18)22(28)7-2-8-22;1-2/h3-6,9-12H,1-2,7-8,13-14H2,(H2,24,25);1-2H3/b11-6-;. The molecule has 2 aliphatic rings. The molecular formula is C24H28FN5O3. The molecule has 0 atom stereocenters. The third-order valence-corrected chi connectivity index (χ3v) is 5.37. The number of carbonyl (C=O) groups is 1. The molecule has 33 heavy (non-hydrogen) atoms. The molecule has 1 aliphatic heterocycles. The van der Waals surface area contributed by atoms with Gasteiger partial charge >= 0.3 is 12.1 Å². The van der Waals surface area contributed by atoms with Crippen molar-refractivity contribution in [2.75, 3.05) is 13.2 Å². The van der Waals surface area contributed by atoms with Gasteiger partial charge < -0.3 is 15.2 Å². The van der Waals surface area contributed by atoms with Gasteiger partial charge in [-0.25, -0.2) is 24.1 Å². The molecule has 2 aromatic rings. The molecule has 1 spiro atoms. The van der Waals surface area contributed by atoms with Crippen LogP contribution < -0.4 is 15.2 Å². The first-order valence-corrected chi connectivity index (χ1v) is 10.8. The number of halogens is 1. The number of aromatic nitrogens is 2. The van der Waals surface area contributed by atoms with Crippen molar-refractivity contribution in [3.05, 3.63) is 66.7 Å². The molecule has 1 fully saturated rings. The van der Waals surface area contributed by atoms with Gasteiger partial charge in [0.15, 0.2) is 0 Å². The van der Waals surface area contributed by atoms with Crippen molar-refractivity contribution in [2.24, 2.45) is 10.7 Å². The molecule has 174 valence electrons. The van der Waals surface area contributed by atoms with Gasteiger partial charge in [0.1, 0.15) is 24.0 Å². The van der Waals surface area contributed by atoms with Crippen molar-refractivity contribution >= 4 is 11.9 Å². The summed E-state index contributed by atoms with van der Waals surface area (Å²) in [5.41, 5.74) is 6.45. The highest BCUT2D eigenvalue weighted by atomic mass is 19.1. The number of hydrogen-bond acceptors (Lipinski definition) is 6. The quantitative estimate of drug-likeness (QED) is 0.364. The number of aliphatic imine (C=N–C) groups is 1. The molecule has 1 aromatic carbocycles. The van der Waals surface area contributed by atoms with Gasteiger partial charge in [0, 0.05) is 36.8 Å². The van der Waals surface area contributed by atoms with Gasteiger partial charge in [0.25, 0.3) is 0 Å². The second-order valence-corrected chi connectivity index (χ2v) is 7.36. The Morgan fingerprint density at radius 3 is 2.73 bits per heavy atom. The molecule has 2 N–H and O–H groups in total. The molecule has 1 aromatic heterocycles. The van der Waals surface area contributed by atoms with Gasteiger partial charge in [-0.1, -0.05) is 20.4 Å². The first-order chi connectivity index (χ1) is 16.0. The van der Waals surface area contributed by atoms with E-state index < -0.39 is 18.3 Å². The van der Waals surface area contributed by atoms with Crippen molar-refractivity contribution in [3.63, 3.8) is 0 Å². The summed E-state index contributed by atoms with van der Waals surface area (Å²) in [6.45, 7) is 7.41. The normalized spacial score (nSPS) is 16.4. The molecule has 4 rings (SSSR count). The third-order valence-electron chi connectivity index (χ3n) is 5.37. The molecule has 9 heteroatoms. The Kier molecular flexibility index (Phi) is 7.76. The third kappa shape index (κ3) is 5.19. The number of nitrogens with two attached hydrogens (primary N) is 1. The van der Waals surface area contributed by atoms with Crippen LogP contribution in [0, 0.1) is 0 Å². The number of amides is 1. The van der Waals surface area contributed by atoms with Crippen LogP contribution in [0.1, 0.15) is 38.7 Å². The van der Waals surface area contributed by atoms with Crippen LogP contribution in [0.5, 0.6) is 17.5 Å². The van der Waals surface area contributed by atoms with Crippen LogP contribution in [-0.2, 0) is 5.54 Å². The Bertz CT molecular complexity index is 1050. The number of benzene rings is 1. The summed E-state index contributed by atoms with van der Waals surface area (Å²) in [4.78, 5) is 26.4. The fourth-order valence-corrected chi connectivity index (χ4v) is 3.74. The minimum absolute atomic E-state index is 0.121. The number of amidine groups is 1. The van der Waals surface area contributed by atoms with E-state index in [1.807, 2.05) is 26.0 Å². The lowest BCUT2D eigenvalue weighted by atomic mass is 9.69. The summed E-state index contributed by atoms with van der Waals surface area (Å²) in [5.74, 6) is 0.830.